The molecule has 1 aromatic carbocycles. The molecule has 3 rings (SSSR count). The normalized spacial score (nSPS) is 26.4. The van der Waals surface area contributed by atoms with E-state index in [0.717, 1.165) is 56.8 Å². The van der Waals surface area contributed by atoms with Gasteiger partial charge >= 0.3 is 0 Å². The number of likely N-dealkylation sites (tertiary alicyclic amines) is 1. The summed E-state index contributed by atoms with van der Waals surface area (Å²) in [6.45, 7) is 0.656. The summed E-state index contributed by atoms with van der Waals surface area (Å²) in [4.78, 5) is 38.7. The van der Waals surface area contributed by atoms with Gasteiger partial charge in [0.1, 0.15) is 12.1 Å². The largest absolute Gasteiger partial charge is 0.333 e. The predicted octanol–water partition coefficient (Wildman–Crippen LogP) is 3.18. The fraction of sp³-hybridized carbons (Fsp3) is 0.571. The maximum atomic E-state index is 13.0. The molecule has 1 heterocycles. The lowest BCUT2D eigenvalue weighted by atomic mass is 9.75. The lowest BCUT2D eigenvalue weighted by Crippen LogP contribution is -2.45. The van der Waals surface area contributed by atoms with Crippen LogP contribution in [-0.4, -0.2) is 35.5 Å². The monoisotopic (exact) mass is 341 g/mol. The molecule has 1 aromatic rings. The number of benzene rings is 1. The quantitative estimate of drug-likeness (QED) is 0.747. The number of hydrogen-bond acceptors (Lipinski definition) is 3. The van der Waals surface area contributed by atoms with Crippen LogP contribution in [0.25, 0.3) is 0 Å². The molecule has 1 aliphatic heterocycles. The van der Waals surface area contributed by atoms with E-state index in [0.29, 0.717) is 13.0 Å². The van der Waals surface area contributed by atoms with E-state index in [1.165, 1.54) is 0 Å². The molecule has 0 bridgehead atoms. The molecule has 1 amide bonds. The highest BCUT2D eigenvalue weighted by atomic mass is 16.2. The first-order valence-electron chi connectivity index (χ1n) is 9.53. The molecular formula is C21H27NO3. The number of ketones is 1. The maximum Gasteiger partial charge on any atom is 0.227 e. The summed E-state index contributed by atoms with van der Waals surface area (Å²) in [6.07, 6.45) is 7.36. The van der Waals surface area contributed by atoms with Gasteiger partial charge in [0.15, 0.2) is 0 Å². The first-order chi connectivity index (χ1) is 12.2. The van der Waals surface area contributed by atoms with Crippen molar-refractivity contribution in [3.63, 3.8) is 0 Å². The van der Waals surface area contributed by atoms with Crippen LogP contribution < -0.4 is 0 Å². The van der Waals surface area contributed by atoms with Crippen LogP contribution in [0.2, 0.25) is 0 Å². The topological polar surface area (TPSA) is 54.5 Å². The molecule has 1 aliphatic carbocycles. The van der Waals surface area contributed by atoms with Crippen LogP contribution in [0.3, 0.4) is 0 Å². The summed E-state index contributed by atoms with van der Waals surface area (Å²) in [5.41, 5.74) is 1.16. The van der Waals surface area contributed by atoms with Crippen molar-refractivity contribution in [3.8, 4) is 0 Å². The molecule has 4 heteroatoms. The third-order valence-corrected chi connectivity index (χ3v) is 5.74. The van der Waals surface area contributed by atoms with Gasteiger partial charge in [-0.2, -0.15) is 0 Å². The standard InChI is InChI=1S/C21H27NO3/c23-15-17-9-6-14-22(17)21(25)19-11-5-4-10-18(19)20(24)13-12-16-7-2-1-3-8-16/h1-3,7-8,15,17-19H,4-6,9-14H2/t17-,18+,19+/m0/s1. The van der Waals surface area contributed by atoms with Gasteiger partial charge in [-0.05, 0) is 37.7 Å². The Morgan fingerprint density at radius 1 is 1.00 bits per heavy atom. The zero-order valence-electron chi connectivity index (χ0n) is 14.7. The molecule has 0 aromatic heterocycles. The molecule has 3 atom stereocenters. The predicted molar refractivity (Wildman–Crippen MR) is 96.0 cm³/mol. The smallest absolute Gasteiger partial charge is 0.227 e. The van der Waals surface area contributed by atoms with Crippen molar-refractivity contribution >= 4 is 18.0 Å². The number of rotatable bonds is 6. The first kappa shape index (κ1) is 17.8. The Hall–Kier alpha value is -1.97. The number of carbonyl (C=O) groups excluding carboxylic acids is 3. The highest BCUT2D eigenvalue weighted by Gasteiger charge is 2.40. The second-order valence-corrected chi connectivity index (χ2v) is 7.33. The highest BCUT2D eigenvalue weighted by Crippen LogP contribution is 2.34. The molecule has 0 radical (unpaired) electrons. The van der Waals surface area contributed by atoms with Crippen LogP contribution in [0, 0.1) is 11.8 Å². The minimum absolute atomic E-state index is 0.0346. The van der Waals surface area contributed by atoms with Crippen LogP contribution in [0.1, 0.15) is 50.5 Å². The van der Waals surface area contributed by atoms with Crippen LogP contribution in [0.15, 0.2) is 30.3 Å². The van der Waals surface area contributed by atoms with Crippen molar-refractivity contribution < 1.29 is 14.4 Å². The Balaban J connectivity index is 1.64. The van der Waals surface area contributed by atoms with E-state index in [9.17, 15) is 14.4 Å². The number of carbonyl (C=O) groups is 3. The minimum atomic E-state index is -0.283. The Morgan fingerprint density at radius 3 is 2.44 bits per heavy atom. The Morgan fingerprint density at radius 2 is 1.72 bits per heavy atom. The van der Waals surface area contributed by atoms with E-state index in [4.69, 9.17) is 0 Å². The van der Waals surface area contributed by atoms with Gasteiger partial charge in [-0.25, -0.2) is 0 Å². The van der Waals surface area contributed by atoms with Crippen molar-refractivity contribution in [3.05, 3.63) is 35.9 Å². The second kappa shape index (κ2) is 8.41. The van der Waals surface area contributed by atoms with Gasteiger partial charge in [0.05, 0.1) is 6.04 Å². The van der Waals surface area contributed by atoms with Gasteiger partial charge in [-0.1, -0.05) is 43.2 Å². The van der Waals surface area contributed by atoms with Crippen LogP contribution in [0.5, 0.6) is 0 Å². The van der Waals surface area contributed by atoms with E-state index < -0.39 is 0 Å². The minimum Gasteiger partial charge on any atom is -0.333 e. The highest BCUT2D eigenvalue weighted by molar-refractivity contribution is 5.90. The molecule has 134 valence electrons. The first-order valence-corrected chi connectivity index (χ1v) is 9.53. The summed E-state index contributed by atoms with van der Waals surface area (Å²) in [6, 6.07) is 9.74. The van der Waals surface area contributed by atoms with Gasteiger partial charge < -0.3 is 9.69 Å². The number of hydrogen-bond donors (Lipinski definition) is 0. The Labute approximate surface area is 149 Å². The fourth-order valence-electron chi connectivity index (χ4n) is 4.33. The van der Waals surface area contributed by atoms with E-state index in [2.05, 4.69) is 0 Å². The van der Waals surface area contributed by atoms with E-state index in [-0.39, 0.29) is 29.6 Å². The third kappa shape index (κ3) is 4.17. The van der Waals surface area contributed by atoms with Gasteiger partial charge in [0.2, 0.25) is 5.91 Å². The third-order valence-electron chi connectivity index (χ3n) is 5.74. The van der Waals surface area contributed by atoms with Crippen LogP contribution in [0.4, 0.5) is 0 Å². The summed E-state index contributed by atoms with van der Waals surface area (Å²) in [7, 11) is 0. The van der Waals surface area contributed by atoms with Crippen molar-refractivity contribution in [2.75, 3.05) is 6.54 Å². The van der Waals surface area contributed by atoms with E-state index in [1.807, 2.05) is 30.3 Å². The molecule has 1 saturated carbocycles. The molecule has 0 N–H and O–H groups in total. The molecule has 0 spiro atoms. The lowest BCUT2D eigenvalue weighted by molar-refractivity contribution is -0.144. The zero-order valence-corrected chi connectivity index (χ0v) is 14.7. The fourth-order valence-corrected chi connectivity index (χ4v) is 4.33. The zero-order chi connectivity index (χ0) is 17.6. The van der Waals surface area contributed by atoms with Crippen molar-refractivity contribution in [1.82, 2.24) is 4.90 Å². The molecule has 1 saturated heterocycles. The average molecular weight is 341 g/mol. The van der Waals surface area contributed by atoms with Gasteiger partial charge in [-0.3, -0.25) is 9.59 Å². The van der Waals surface area contributed by atoms with Crippen molar-refractivity contribution in [2.24, 2.45) is 11.8 Å². The number of Topliss-reactive ketones (excluding diaryl/α,β-unsaturated/α-hetero) is 1. The Kier molecular flexibility index (Phi) is 6.00. The molecule has 2 fully saturated rings. The molecule has 4 nitrogen and oxygen atoms in total. The maximum absolute atomic E-state index is 13.0. The number of aldehydes is 1. The van der Waals surface area contributed by atoms with E-state index in [1.54, 1.807) is 4.90 Å². The number of aryl methyl sites for hydroxylation is 1. The summed E-state index contributed by atoms with van der Waals surface area (Å²) >= 11 is 0. The lowest BCUT2D eigenvalue weighted by Gasteiger charge is -2.33. The van der Waals surface area contributed by atoms with E-state index >= 15 is 0 Å². The summed E-state index contributed by atoms with van der Waals surface area (Å²) < 4.78 is 0. The van der Waals surface area contributed by atoms with Gasteiger partial charge in [0.25, 0.3) is 0 Å². The SMILES string of the molecule is O=C[C@@H]1CCCN1C(=O)[C@@H]1CCCC[C@H]1C(=O)CCc1ccccc1. The van der Waals surface area contributed by atoms with Crippen molar-refractivity contribution in [1.29, 1.82) is 0 Å². The van der Waals surface area contributed by atoms with Crippen LogP contribution in [-0.2, 0) is 20.8 Å². The molecule has 0 unspecified atom stereocenters. The molecular weight excluding hydrogens is 314 g/mol. The number of nitrogens with zero attached hydrogens (tertiary/aromatic N) is 1. The molecule has 2 aliphatic rings. The second-order valence-electron chi connectivity index (χ2n) is 7.33. The van der Waals surface area contributed by atoms with Gasteiger partial charge in [-0.15, -0.1) is 0 Å². The average Bonchev–Trinajstić information content (AvgIpc) is 3.15. The summed E-state index contributed by atoms with van der Waals surface area (Å²) in [5.74, 6) is -0.147. The van der Waals surface area contributed by atoms with Crippen LogP contribution >= 0.6 is 0 Å². The summed E-state index contributed by atoms with van der Waals surface area (Å²) in [5, 5.41) is 0. The molecule has 25 heavy (non-hydrogen) atoms. The Bertz CT molecular complexity index is 613. The van der Waals surface area contributed by atoms with Crippen molar-refractivity contribution in [2.45, 2.75) is 57.4 Å². The number of amides is 1. The van der Waals surface area contributed by atoms with Gasteiger partial charge in [0, 0.05) is 24.8 Å².